The van der Waals surface area contributed by atoms with Crippen LogP contribution in [0.25, 0.3) is 0 Å². The Morgan fingerprint density at radius 2 is 0.689 bits per heavy atom. The summed E-state index contributed by atoms with van der Waals surface area (Å²) in [4.78, 5) is 2.44. The molecule has 2 nitrogen and oxygen atoms in total. The van der Waals surface area contributed by atoms with Crippen LogP contribution < -0.4 is 4.90 Å². The number of rotatable bonds is 35. The number of hydrogen-bond donors (Lipinski definition) is 1. The van der Waals surface area contributed by atoms with Gasteiger partial charge in [-0.15, -0.1) is 0 Å². The van der Waals surface area contributed by atoms with E-state index in [0.29, 0.717) is 5.75 Å². The van der Waals surface area contributed by atoms with E-state index in [1.807, 2.05) is 12.1 Å². The van der Waals surface area contributed by atoms with Crippen molar-refractivity contribution in [3.05, 3.63) is 23.2 Å². The average molecular weight is 649 g/mol. The van der Waals surface area contributed by atoms with Crippen molar-refractivity contribution < 1.29 is 5.11 Å². The third-order valence-corrected chi connectivity index (χ3v) is 10.2. The lowest BCUT2D eigenvalue weighted by atomic mass is 10.0. The summed E-state index contributed by atoms with van der Waals surface area (Å²) in [6, 6.07) is 5.41. The summed E-state index contributed by atoms with van der Waals surface area (Å²) in [5.74, 6) is 0.318. The van der Waals surface area contributed by atoms with Crippen molar-refractivity contribution in [1.29, 1.82) is 0 Å². The number of phenolic OH excluding ortho intramolecular Hbond substituents is 1. The Labute approximate surface area is 287 Å². The number of nitrogens with zero attached hydrogens (tertiary/aromatic N) is 1. The molecule has 0 saturated heterocycles. The lowest BCUT2D eigenvalue weighted by Crippen LogP contribution is -2.26. The summed E-state index contributed by atoms with van der Waals surface area (Å²) >= 11 is 6.59. The van der Waals surface area contributed by atoms with Gasteiger partial charge in [-0.3, -0.25) is 0 Å². The molecule has 0 spiro atoms. The second-order valence-corrected chi connectivity index (χ2v) is 14.6. The zero-order valence-corrected chi connectivity index (χ0v) is 31.3. The molecule has 0 aliphatic rings. The molecular formula is C42H78ClNO. The summed E-state index contributed by atoms with van der Waals surface area (Å²) in [5.41, 5.74) is 1.01. The molecule has 0 bridgehead atoms. The zero-order valence-electron chi connectivity index (χ0n) is 30.5. The maximum atomic E-state index is 10.1. The lowest BCUT2D eigenvalue weighted by molar-refractivity contribution is 0.475. The standard InChI is InChI=1S/C42H78ClNO/c1-3-5-7-9-11-13-15-17-19-21-23-25-27-29-31-33-37-44(42-39-40(45)35-36-41(42)43)38-34-32-30-28-26-24-22-20-18-16-14-12-10-8-6-4-2/h35-36,39,45H,3-34,37-38H2,1-2H3. The van der Waals surface area contributed by atoms with Crippen LogP contribution in [-0.2, 0) is 0 Å². The highest BCUT2D eigenvalue weighted by Crippen LogP contribution is 2.30. The first-order chi connectivity index (χ1) is 22.2. The monoisotopic (exact) mass is 648 g/mol. The van der Waals surface area contributed by atoms with E-state index in [4.69, 9.17) is 11.6 Å². The molecule has 1 rings (SSSR count). The topological polar surface area (TPSA) is 23.5 Å². The zero-order chi connectivity index (χ0) is 32.5. The van der Waals surface area contributed by atoms with Crippen molar-refractivity contribution in [1.82, 2.24) is 0 Å². The largest absolute Gasteiger partial charge is 0.508 e. The van der Waals surface area contributed by atoms with Crippen LogP contribution >= 0.6 is 11.6 Å². The fraction of sp³-hybridized carbons (Fsp3) is 0.857. The minimum atomic E-state index is 0.318. The molecule has 0 atom stereocenters. The van der Waals surface area contributed by atoms with E-state index in [2.05, 4.69) is 18.7 Å². The molecule has 1 aromatic rings. The van der Waals surface area contributed by atoms with Crippen LogP contribution in [0.15, 0.2) is 18.2 Å². The van der Waals surface area contributed by atoms with Crippen molar-refractivity contribution >= 4 is 17.3 Å². The SMILES string of the molecule is CCCCCCCCCCCCCCCCCCN(CCCCCCCCCCCCCCCCCC)c1cc(O)ccc1Cl. The van der Waals surface area contributed by atoms with E-state index < -0.39 is 0 Å². The van der Waals surface area contributed by atoms with Crippen LogP contribution in [0.2, 0.25) is 5.02 Å². The molecule has 0 fully saturated rings. The molecule has 0 aliphatic heterocycles. The number of halogens is 1. The van der Waals surface area contributed by atoms with Crippen LogP contribution in [0.4, 0.5) is 5.69 Å². The molecule has 1 aromatic carbocycles. The average Bonchev–Trinajstić information content (AvgIpc) is 3.04. The first-order valence-corrected chi connectivity index (χ1v) is 20.8. The first-order valence-electron chi connectivity index (χ1n) is 20.4. The van der Waals surface area contributed by atoms with E-state index >= 15 is 0 Å². The van der Waals surface area contributed by atoms with Crippen molar-refractivity contribution in [3.8, 4) is 5.75 Å². The molecule has 0 heterocycles. The summed E-state index contributed by atoms with van der Waals surface area (Å²) in [6.45, 7) is 6.68. The van der Waals surface area contributed by atoms with Crippen LogP contribution in [0.3, 0.4) is 0 Å². The molecule has 3 heteroatoms. The Morgan fingerprint density at radius 3 is 0.978 bits per heavy atom. The molecule has 0 aromatic heterocycles. The number of benzene rings is 1. The Morgan fingerprint density at radius 1 is 0.422 bits per heavy atom. The second-order valence-electron chi connectivity index (χ2n) is 14.2. The normalized spacial score (nSPS) is 11.4. The first kappa shape index (κ1) is 42.1. The van der Waals surface area contributed by atoms with Gasteiger partial charge in [-0.05, 0) is 25.0 Å². The highest BCUT2D eigenvalue weighted by atomic mass is 35.5. The number of phenols is 1. The summed E-state index contributed by atoms with van der Waals surface area (Å²) in [5, 5.41) is 10.9. The molecule has 0 saturated carbocycles. The number of hydrogen-bond acceptors (Lipinski definition) is 2. The molecule has 45 heavy (non-hydrogen) atoms. The van der Waals surface area contributed by atoms with E-state index in [0.717, 1.165) is 23.8 Å². The predicted molar refractivity (Wildman–Crippen MR) is 204 cm³/mol. The van der Waals surface area contributed by atoms with Crippen molar-refractivity contribution in [2.45, 2.75) is 219 Å². The molecule has 0 unspecified atom stereocenters. The Bertz CT molecular complexity index is 701. The third-order valence-electron chi connectivity index (χ3n) is 9.83. The molecular weight excluding hydrogens is 570 g/mol. The smallest absolute Gasteiger partial charge is 0.117 e. The van der Waals surface area contributed by atoms with Gasteiger partial charge in [0.1, 0.15) is 5.75 Å². The van der Waals surface area contributed by atoms with Crippen LogP contribution in [0, 0.1) is 0 Å². The van der Waals surface area contributed by atoms with Gasteiger partial charge in [-0.25, -0.2) is 0 Å². The summed E-state index contributed by atoms with van der Waals surface area (Å²) in [6.07, 6.45) is 44.8. The third kappa shape index (κ3) is 26.8. The highest BCUT2D eigenvalue weighted by molar-refractivity contribution is 6.33. The van der Waals surface area contributed by atoms with Gasteiger partial charge in [0.25, 0.3) is 0 Å². The number of anilines is 1. The van der Waals surface area contributed by atoms with Crippen molar-refractivity contribution in [2.24, 2.45) is 0 Å². The predicted octanol–water partition coefficient (Wildman–Crippen LogP) is 15.4. The lowest BCUT2D eigenvalue weighted by Gasteiger charge is -2.26. The van der Waals surface area contributed by atoms with Crippen LogP contribution in [-0.4, -0.2) is 18.2 Å². The minimum absolute atomic E-state index is 0.318. The second kappa shape index (κ2) is 33.0. The minimum Gasteiger partial charge on any atom is -0.508 e. The quantitative estimate of drug-likeness (QED) is 0.0741. The molecule has 0 amide bonds. The molecule has 264 valence electrons. The van der Waals surface area contributed by atoms with Gasteiger partial charge in [0.05, 0.1) is 10.7 Å². The van der Waals surface area contributed by atoms with E-state index in [-0.39, 0.29) is 0 Å². The van der Waals surface area contributed by atoms with E-state index in [1.54, 1.807) is 6.07 Å². The Balaban J connectivity index is 2.07. The van der Waals surface area contributed by atoms with Gasteiger partial charge in [-0.1, -0.05) is 218 Å². The van der Waals surface area contributed by atoms with Gasteiger partial charge < -0.3 is 10.0 Å². The maximum Gasteiger partial charge on any atom is 0.117 e. The fourth-order valence-corrected chi connectivity index (χ4v) is 7.03. The Hall–Kier alpha value is -0.890. The summed E-state index contributed by atoms with van der Waals surface area (Å²) in [7, 11) is 0. The number of aromatic hydroxyl groups is 1. The summed E-state index contributed by atoms with van der Waals surface area (Å²) < 4.78 is 0. The van der Waals surface area contributed by atoms with Gasteiger partial charge in [0, 0.05) is 19.2 Å². The van der Waals surface area contributed by atoms with Gasteiger partial charge in [0.2, 0.25) is 0 Å². The molecule has 0 radical (unpaired) electrons. The van der Waals surface area contributed by atoms with E-state index in [9.17, 15) is 5.11 Å². The fourth-order valence-electron chi connectivity index (χ4n) is 6.80. The number of unbranched alkanes of at least 4 members (excludes halogenated alkanes) is 30. The van der Waals surface area contributed by atoms with Crippen molar-refractivity contribution in [2.75, 3.05) is 18.0 Å². The van der Waals surface area contributed by atoms with Gasteiger partial charge in [-0.2, -0.15) is 0 Å². The van der Waals surface area contributed by atoms with Crippen molar-refractivity contribution in [3.63, 3.8) is 0 Å². The molecule has 1 N–H and O–H groups in total. The maximum absolute atomic E-state index is 10.1. The molecule has 0 aliphatic carbocycles. The Kier molecular flexibility index (Phi) is 30.9. The van der Waals surface area contributed by atoms with Gasteiger partial charge in [0.15, 0.2) is 0 Å². The van der Waals surface area contributed by atoms with Crippen LogP contribution in [0.1, 0.15) is 219 Å². The van der Waals surface area contributed by atoms with E-state index in [1.165, 1.54) is 205 Å². The van der Waals surface area contributed by atoms with Crippen LogP contribution in [0.5, 0.6) is 5.75 Å². The van der Waals surface area contributed by atoms with Gasteiger partial charge >= 0.3 is 0 Å². The highest BCUT2D eigenvalue weighted by Gasteiger charge is 2.11.